The Morgan fingerprint density at radius 2 is 2.00 bits per heavy atom. The summed E-state index contributed by atoms with van der Waals surface area (Å²) in [7, 11) is 0. The van der Waals surface area contributed by atoms with Crippen LogP contribution >= 0.6 is 24.6 Å². The summed E-state index contributed by atoms with van der Waals surface area (Å²) in [5.41, 5.74) is 0.0143. The molecule has 0 unspecified atom stereocenters. The van der Waals surface area contributed by atoms with Gasteiger partial charge >= 0.3 is 18.1 Å². The van der Waals surface area contributed by atoms with E-state index in [0.29, 0.717) is 36.8 Å². The van der Waals surface area contributed by atoms with Crippen LogP contribution in [0.5, 0.6) is 5.88 Å². The number of thioether (sulfide) groups is 1. The Hall–Kier alpha value is -3.07. The number of aromatic nitrogens is 5. The minimum Gasteiger partial charge on any atom is -0.481 e. The lowest BCUT2D eigenvalue weighted by Crippen LogP contribution is -2.45. The van der Waals surface area contributed by atoms with Gasteiger partial charge in [0.05, 0.1) is 24.8 Å². The summed E-state index contributed by atoms with van der Waals surface area (Å²) in [6.07, 6.45) is 2.24. The van der Waals surface area contributed by atoms with Gasteiger partial charge in [0.2, 0.25) is 11.0 Å². The lowest BCUT2D eigenvalue weighted by atomic mass is 10.1. The number of carboxylic acid groups (broad SMARTS) is 1. The number of anilines is 1. The molecule has 13 nitrogen and oxygen atoms in total. The average molecular weight is 525 g/mol. The number of carboxylic acids is 1. The number of hydrogen-bond acceptors (Lipinski definition) is 10. The maximum absolute atomic E-state index is 12.6. The van der Waals surface area contributed by atoms with Crippen LogP contribution in [-0.4, -0.2) is 77.2 Å². The number of urea groups is 1. The number of hydrogen-bond donors (Lipinski definition) is 3. The fourth-order valence-electron chi connectivity index (χ4n) is 3.13. The molecule has 0 radical (unpaired) electrons. The van der Waals surface area contributed by atoms with E-state index in [4.69, 9.17) is 9.84 Å². The molecule has 2 aromatic heterocycles. The Bertz CT molecular complexity index is 1030. The minimum atomic E-state index is -0.915. The van der Waals surface area contributed by atoms with Gasteiger partial charge in [0, 0.05) is 29.9 Å². The van der Waals surface area contributed by atoms with Gasteiger partial charge in [-0.25, -0.2) is 23.6 Å². The molecule has 15 heteroatoms. The number of likely N-dealkylation sites (tertiary alicyclic amines) is 1. The molecular weight excluding hydrogens is 496 g/mol. The van der Waals surface area contributed by atoms with Crippen LogP contribution in [0.15, 0.2) is 23.5 Å². The molecule has 0 atom stereocenters. The summed E-state index contributed by atoms with van der Waals surface area (Å²) in [6.45, 7) is 6.76. The van der Waals surface area contributed by atoms with Crippen LogP contribution < -0.4 is 14.4 Å². The third-order valence-corrected chi connectivity index (χ3v) is 6.56. The van der Waals surface area contributed by atoms with Gasteiger partial charge in [0.15, 0.2) is 0 Å². The lowest BCUT2D eigenvalue weighted by molar-refractivity contribution is -0.137. The van der Waals surface area contributed by atoms with E-state index in [1.165, 1.54) is 28.7 Å². The molecule has 1 fully saturated rings. The van der Waals surface area contributed by atoms with Gasteiger partial charge in [-0.1, -0.05) is 24.6 Å². The molecule has 3 heterocycles. The van der Waals surface area contributed by atoms with Crippen LogP contribution in [0.3, 0.4) is 0 Å². The number of aryl methyl sites for hydroxylation is 1. The minimum absolute atomic E-state index is 0.0615. The quantitative estimate of drug-likeness (QED) is 0.460. The van der Waals surface area contributed by atoms with Crippen molar-refractivity contribution in [3.05, 3.63) is 18.3 Å². The Morgan fingerprint density at radius 3 is 2.60 bits per heavy atom. The maximum Gasteiger partial charge on any atom is 0.416 e. The third-order valence-electron chi connectivity index (χ3n) is 4.84. The van der Waals surface area contributed by atoms with Gasteiger partial charge in [-0.05, 0) is 50.1 Å². The highest BCUT2D eigenvalue weighted by Crippen LogP contribution is 2.29. The van der Waals surface area contributed by atoms with E-state index in [2.05, 4.69) is 38.6 Å². The fourth-order valence-corrected chi connectivity index (χ4v) is 4.38. The molecule has 3 rings (SSSR count). The SMILES string of the molecule is CC(C)(C)NC(=O)N(S)c1ccc(OC(=O)N2CCC(Sc3nnnn3CCC(=O)O)CC2)nc1. The zero-order valence-corrected chi connectivity index (χ0v) is 21.3. The highest BCUT2D eigenvalue weighted by atomic mass is 32.2. The number of amides is 3. The summed E-state index contributed by atoms with van der Waals surface area (Å²) in [6, 6.07) is 2.69. The first-order chi connectivity index (χ1) is 16.5. The van der Waals surface area contributed by atoms with E-state index < -0.39 is 23.6 Å². The van der Waals surface area contributed by atoms with Crippen molar-refractivity contribution in [2.24, 2.45) is 0 Å². The lowest BCUT2D eigenvalue weighted by Gasteiger charge is -2.30. The van der Waals surface area contributed by atoms with E-state index in [1.54, 1.807) is 11.0 Å². The molecule has 0 aromatic carbocycles. The molecule has 1 aliphatic heterocycles. The molecule has 0 bridgehead atoms. The standard InChI is InChI=1S/C20H28N8O5S2/c1-20(2,3)22-17(31)28(34)13-4-5-15(21-12-13)33-19(32)26-9-6-14(7-10-26)35-18-23-24-25-27(18)11-8-16(29)30/h4-5,12,14,34H,6-11H2,1-3H3,(H,22,31)(H,29,30). The maximum atomic E-state index is 12.6. The number of tetrazole rings is 1. The molecule has 2 aromatic rings. The van der Waals surface area contributed by atoms with E-state index in [0.717, 1.165) is 4.31 Å². The fraction of sp³-hybridized carbons (Fsp3) is 0.550. The second-order valence-corrected chi connectivity index (χ2v) is 10.5. The first-order valence-corrected chi connectivity index (χ1v) is 12.2. The molecule has 35 heavy (non-hydrogen) atoms. The number of carbonyl (C=O) groups excluding carboxylic acids is 2. The van der Waals surface area contributed by atoms with Crippen molar-refractivity contribution < 1.29 is 24.2 Å². The molecule has 1 aliphatic rings. The van der Waals surface area contributed by atoms with Crippen molar-refractivity contribution in [3.63, 3.8) is 0 Å². The number of pyridine rings is 1. The molecule has 190 valence electrons. The van der Waals surface area contributed by atoms with Crippen molar-refractivity contribution in [2.45, 2.75) is 62.5 Å². The number of nitrogens with one attached hydrogen (secondary N) is 1. The highest BCUT2D eigenvalue weighted by molar-refractivity contribution is 7.99. The Kier molecular flexibility index (Phi) is 8.77. The molecule has 2 N–H and O–H groups in total. The van der Waals surface area contributed by atoms with E-state index in [1.807, 2.05) is 20.8 Å². The van der Waals surface area contributed by atoms with E-state index in [9.17, 15) is 14.4 Å². The first kappa shape index (κ1) is 26.5. The topological polar surface area (TPSA) is 156 Å². The smallest absolute Gasteiger partial charge is 0.416 e. The number of nitrogens with zero attached hydrogens (tertiary/aromatic N) is 7. The number of piperidine rings is 1. The predicted octanol–water partition coefficient (Wildman–Crippen LogP) is 2.46. The zero-order chi connectivity index (χ0) is 25.6. The van der Waals surface area contributed by atoms with Gasteiger partial charge < -0.3 is 20.1 Å². The van der Waals surface area contributed by atoms with E-state index >= 15 is 0 Å². The predicted molar refractivity (Wildman–Crippen MR) is 131 cm³/mol. The monoisotopic (exact) mass is 524 g/mol. The molecule has 1 saturated heterocycles. The molecular formula is C20H28N8O5S2. The average Bonchev–Trinajstić information content (AvgIpc) is 3.24. The number of aliphatic carboxylic acids is 1. The van der Waals surface area contributed by atoms with Gasteiger partial charge in [0.25, 0.3) is 0 Å². The third kappa shape index (κ3) is 7.99. The van der Waals surface area contributed by atoms with Crippen LogP contribution in [-0.2, 0) is 11.3 Å². The first-order valence-electron chi connectivity index (χ1n) is 10.9. The summed E-state index contributed by atoms with van der Waals surface area (Å²) >= 11 is 5.68. The number of rotatable bonds is 7. The molecule has 0 spiro atoms. The second kappa shape index (κ2) is 11.6. The number of ether oxygens (including phenoxy) is 1. The van der Waals surface area contributed by atoms with E-state index in [-0.39, 0.29) is 24.1 Å². The molecule has 3 amide bonds. The Balaban J connectivity index is 1.47. The summed E-state index contributed by atoms with van der Waals surface area (Å²) < 4.78 is 7.99. The summed E-state index contributed by atoms with van der Waals surface area (Å²) in [4.78, 5) is 41.3. The zero-order valence-electron chi connectivity index (χ0n) is 19.6. The van der Waals surface area contributed by atoms with Crippen molar-refractivity contribution >= 4 is 48.4 Å². The van der Waals surface area contributed by atoms with Crippen LogP contribution in [0.1, 0.15) is 40.0 Å². The Morgan fingerprint density at radius 1 is 1.29 bits per heavy atom. The normalized spacial score (nSPS) is 14.5. The largest absolute Gasteiger partial charge is 0.481 e. The van der Waals surface area contributed by atoms with Gasteiger partial charge in [-0.3, -0.25) is 4.79 Å². The second-order valence-electron chi connectivity index (χ2n) is 8.85. The number of thiol groups is 1. The van der Waals surface area contributed by atoms with Crippen LogP contribution in [0.25, 0.3) is 0 Å². The van der Waals surface area contributed by atoms with Gasteiger partial charge in [-0.15, -0.1) is 5.10 Å². The van der Waals surface area contributed by atoms with Crippen LogP contribution in [0.2, 0.25) is 0 Å². The number of carbonyl (C=O) groups is 3. The van der Waals surface area contributed by atoms with Crippen molar-refractivity contribution in [1.29, 1.82) is 0 Å². The van der Waals surface area contributed by atoms with Crippen LogP contribution in [0.4, 0.5) is 15.3 Å². The molecule has 0 saturated carbocycles. The Labute approximate surface area is 212 Å². The highest BCUT2D eigenvalue weighted by Gasteiger charge is 2.27. The van der Waals surface area contributed by atoms with Gasteiger partial charge in [0.1, 0.15) is 0 Å². The van der Waals surface area contributed by atoms with Crippen molar-refractivity contribution in [1.82, 2.24) is 35.4 Å². The van der Waals surface area contributed by atoms with Crippen LogP contribution in [0, 0.1) is 0 Å². The summed E-state index contributed by atoms with van der Waals surface area (Å²) in [5, 5.41) is 23.8. The van der Waals surface area contributed by atoms with Crippen molar-refractivity contribution in [3.8, 4) is 5.88 Å². The van der Waals surface area contributed by atoms with Crippen molar-refractivity contribution in [2.75, 3.05) is 17.4 Å². The van der Waals surface area contributed by atoms with Gasteiger partial charge in [-0.2, -0.15) is 0 Å². The summed E-state index contributed by atoms with van der Waals surface area (Å²) in [5.74, 6) is -0.799. The molecule has 0 aliphatic carbocycles.